The van der Waals surface area contributed by atoms with E-state index in [1.54, 1.807) is 37.4 Å². The Kier molecular flexibility index (Phi) is 6.80. The van der Waals surface area contributed by atoms with Gasteiger partial charge in [0.05, 0.1) is 12.2 Å². The number of carbonyl (C=O) groups is 2. The van der Waals surface area contributed by atoms with E-state index in [1.807, 2.05) is 36.7 Å². The first kappa shape index (κ1) is 21.0. The second-order valence-electron chi connectivity index (χ2n) is 7.04. The summed E-state index contributed by atoms with van der Waals surface area (Å²) in [7, 11) is 1.59. The van der Waals surface area contributed by atoms with Crippen LogP contribution in [-0.2, 0) is 17.9 Å². The van der Waals surface area contributed by atoms with Gasteiger partial charge in [-0.25, -0.2) is 0 Å². The molecule has 3 rings (SSSR count). The number of carbonyl (C=O) groups excluding carboxylic acids is 2. The quantitative estimate of drug-likeness (QED) is 0.596. The predicted molar refractivity (Wildman–Crippen MR) is 118 cm³/mol. The zero-order chi connectivity index (χ0) is 21.5. The van der Waals surface area contributed by atoms with Crippen LogP contribution in [0.25, 0.3) is 6.08 Å². The van der Waals surface area contributed by atoms with E-state index in [4.69, 9.17) is 0 Å². The summed E-state index contributed by atoms with van der Waals surface area (Å²) in [5, 5.41) is 10.1. The molecule has 0 unspecified atom stereocenters. The van der Waals surface area contributed by atoms with Gasteiger partial charge in [-0.05, 0) is 43.2 Å². The third kappa shape index (κ3) is 5.23. The Bertz CT molecular complexity index is 1050. The average Bonchev–Trinajstić information content (AvgIpc) is 3.03. The van der Waals surface area contributed by atoms with Crippen LogP contribution < -0.4 is 10.6 Å². The molecule has 0 saturated carbocycles. The number of hydrogen-bond donors (Lipinski definition) is 2. The molecule has 0 saturated heterocycles. The first-order chi connectivity index (χ1) is 14.5. The molecule has 0 aliphatic rings. The van der Waals surface area contributed by atoms with Gasteiger partial charge < -0.3 is 10.6 Å². The fourth-order valence-corrected chi connectivity index (χ4v) is 3.20. The van der Waals surface area contributed by atoms with Crippen LogP contribution >= 0.6 is 0 Å². The summed E-state index contributed by atoms with van der Waals surface area (Å²) >= 11 is 0. The number of rotatable bonds is 7. The van der Waals surface area contributed by atoms with E-state index >= 15 is 0 Å². The van der Waals surface area contributed by atoms with Crippen molar-refractivity contribution in [2.45, 2.75) is 26.9 Å². The molecule has 2 N–H and O–H groups in total. The van der Waals surface area contributed by atoms with Crippen LogP contribution in [0.2, 0.25) is 0 Å². The zero-order valence-corrected chi connectivity index (χ0v) is 17.5. The molecular formula is C24H26N4O2. The molecule has 0 aliphatic heterocycles. The van der Waals surface area contributed by atoms with E-state index in [0.717, 1.165) is 22.5 Å². The van der Waals surface area contributed by atoms with Gasteiger partial charge in [0.1, 0.15) is 0 Å². The van der Waals surface area contributed by atoms with Crippen LogP contribution in [0.5, 0.6) is 0 Å². The molecule has 6 nitrogen and oxygen atoms in total. The molecular weight excluding hydrogens is 376 g/mol. The second-order valence-corrected chi connectivity index (χ2v) is 7.04. The molecule has 0 bridgehead atoms. The normalized spacial score (nSPS) is 10.9. The molecule has 0 spiro atoms. The fourth-order valence-electron chi connectivity index (χ4n) is 3.20. The largest absolute Gasteiger partial charge is 0.355 e. The Labute approximate surface area is 176 Å². The molecule has 1 heterocycles. The van der Waals surface area contributed by atoms with Gasteiger partial charge in [0, 0.05) is 36.5 Å². The SMILES string of the molecule is CNC(=O)c1ccc(/C=C/C(=O)NCc2c(C)nn(Cc3ccccc3)c2C)cc1. The number of benzene rings is 2. The molecule has 154 valence electrons. The Balaban J connectivity index is 1.59. The van der Waals surface area contributed by atoms with Crippen molar-refractivity contribution in [3.8, 4) is 0 Å². The minimum Gasteiger partial charge on any atom is -0.355 e. The van der Waals surface area contributed by atoms with Crippen LogP contribution in [0.3, 0.4) is 0 Å². The van der Waals surface area contributed by atoms with Gasteiger partial charge in [0.15, 0.2) is 0 Å². The van der Waals surface area contributed by atoms with Crippen LogP contribution in [0, 0.1) is 13.8 Å². The van der Waals surface area contributed by atoms with Crippen molar-refractivity contribution in [2.75, 3.05) is 7.05 Å². The van der Waals surface area contributed by atoms with E-state index in [9.17, 15) is 9.59 Å². The van der Waals surface area contributed by atoms with Crippen LogP contribution in [0.15, 0.2) is 60.7 Å². The minimum absolute atomic E-state index is 0.137. The summed E-state index contributed by atoms with van der Waals surface area (Å²) in [4.78, 5) is 23.8. The molecule has 6 heteroatoms. The number of aromatic nitrogens is 2. The lowest BCUT2D eigenvalue weighted by Crippen LogP contribution is -2.21. The maximum absolute atomic E-state index is 12.2. The maximum atomic E-state index is 12.2. The summed E-state index contributed by atoms with van der Waals surface area (Å²) in [6.07, 6.45) is 3.22. The first-order valence-corrected chi connectivity index (χ1v) is 9.83. The smallest absolute Gasteiger partial charge is 0.251 e. The third-order valence-electron chi connectivity index (χ3n) is 4.97. The third-order valence-corrected chi connectivity index (χ3v) is 4.97. The van der Waals surface area contributed by atoms with Crippen molar-refractivity contribution in [3.63, 3.8) is 0 Å². The monoisotopic (exact) mass is 402 g/mol. The van der Waals surface area contributed by atoms with Gasteiger partial charge >= 0.3 is 0 Å². The lowest BCUT2D eigenvalue weighted by atomic mass is 10.1. The van der Waals surface area contributed by atoms with Crippen molar-refractivity contribution >= 4 is 17.9 Å². The molecule has 30 heavy (non-hydrogen) atoms. The highest BCUT2D eigenvalue weighted by Gasteiger charge is 2.12. The summed E-state index contributed by atoms with van der Waals surface area (Å²) in [6, 6.07) is 17.2. The standard InChI is InChI=1S/C24H26N4O2/c1-17-22(18(2)28(27-17)16-20-7-5-4-6-8-20)15-26-23(29)14-11-19-9-12-21(13-10-19)24(30)25-3/h4-14H,15-16H2,1-3H3,(H,25,30)(H,26,29)/b14-11+. The van der Waals surface area contributed by atoms with Crippen LogP contribution in [0.4, 0.5) is 0 Å². The van der Waals surface area contributed by atoms with E-state index in [1.165, 1.54) is 11.6 Å². The molecule has 2 aromatic carbocycles. The molecule has 2 amide bonds. The lowest BCUT2D eigenvalue weighted by molar-refractivity contribution is -0.116. The fraction of sp³-hybridized carbons (Fsp3) is 0.208. The highest BCUT2D eigenvalue weighted by molar-refractivity contribution is 5.94. The van der Waals surface area contributed by atoms with Crippen molar-refractivity contribution < 1.29 is 9.59 Å². The molecule has 0 fully saturated rings. The van der Waals surface area contributed by atoms with Crippen molar-refractivity contribution in [2.24, 2.45) is 0 Å². The Morgan fingerprint density at radius 2 is 1.73 bits per heavy atom. The summed E-state index contributed by atoms with van der Waals surface area (Å²) in [5.41, 5.74) is 5.60. The zero-order valence-electron chi connectivity index (χ0n) is 17.5. The van der Waals surface area contributed by atoms with Crippen molar-refractivity contribution in [1.82, 2.24) is 20.4 Å². The number of nitrogens with one attached hydrogen (secondary N) is 2. The highest BCUT2D eigenvalue weighted by Crippen LogP contribution is 2.15. The highest BCUT2D eigenvalue weighted by atomic mass is 16.2. The topological polar surface area (TPSA) is 76.0 Å². The summed E-state index contributed by atoms with van der Waals surface area (Å²) < 4.78 is 1.97. The molecule has 0 atom stereocenters. The van der Waals surface area contributed by atoms with Gasteiger partial charge in [-0.15, -0.1) is 0 Å². The molecule has 3 aromatic rings. The Hall–Kier alpha value is -3.67. The van der Waals surface area contributed by atoms with E-state index in [-0.39, 0.29) is 11.8 Å². The van der Waals surface area contributed by atoms with Gasteiger partial charge in [-0.3, -0.25) is 14.3 Å². The number of amides is 2. The molecule has 0 radical (unpaired) electrons. The number of hydrogen-bond acceptors (Lipinski definition) is 3. The molecule has 0 aliphatic carbocycles. The van der Waals surface area contributed by atoms with Gasteiger partial charge in [-0.2, -0.15) is 5.10 Å². The Morgan fingerprint density at radius 3 is 2.40 bits per heavy atom. The lowest BCUT2D eigenvalue weighted by Gasteiger charge is -2.06. The average molecular weight is 402 g/mol. The van der Waals surface area contributed by atoms with E-state index in [0.29, 0.717) is 18.7 Å². The van der Waals surface area contributed by atoms with E-state index in [2.05, 4.69) is 27.9 Å². The van der Waals surface area contributed by atoms with Crippen molar-refractivity contribution in [1.29, 1.82) is 0 Å². The van der Waals surface area contributed by atoms with Gasteiger partial charge in [-0.1, -0.05) is 42.5 Å². The van der Waals surface area contributed by atoms with Crippen molar-refractivity contribution in [3.05, 3.63) is 94.3 Å². The number of nitrogens with zero attached hydrogens (tertiary/aromatic N) is 2. The minimum atomic E-state index is -0.181. The first-order valence-electron chi connectivity index (χ1n) is 9.83. The Morgan fingerprint density at radius 1 is 1.03 bits per heavy atom. The number of aryl methyl sites for hydroxylation is 1. The summed E-state index contributed by atoms with van der Waals surface area (Å²) in [6.45, 7) is 5.10. The maximum Gasteiger partial charge on any atom is 0.251 e. The second kappa shape index (κ2) is 9.69. The van der Waals surface area contributed by atoms with Crippen LogP contribution in [0.1, 0.15) is 38.4 Å². The molecule has 1 aromatic heterocycles. The predicted octanol–water partition coefficient (Wildman–Crippen LogP) is 3.24. The van der Waals surface area contributed by atoms with Gasteiger partial charge in [0.2, 0.25) is 5.91 Å². The van der Waals surface area contributed by atoms with Gasteiger partial charge in [0.25, 0.3) is 5.91 Å². The van der Waals surface area contributed by atoms with E-state index < -0.39 is 0 Å². The van der Waals surface area contributed by atoms with Crippen LogP contribution in [-0.4, -0.2) is 28.6 Å². The summed E-state index contributed by atoms with van der Waals surface area (Å²) in [5.74, 6) is -0.318.